The molecule has 22 heavy (non-hydrogen) atoms. The first kappa shape index (κ1) is 14.8. The lowest BCUT2D eigenvalue weighted by Crippen LogP contribution is -2.33. The van der Waals surface area contributed by atoms with Gasteiger partial charge in [0.1, 0.15) is 12.1 Å². The van der Waals surface area contributed by atoms with Crippen molar-refractivity contribution in [1.82, 2.24) is 9.97 Å². The van der Waals surface area contributed by atoms with Crippen LogP contribution in [0.5, 0.6) is 0 Å². The van der Waals surface area contributed by atoms with Gasteiger partial charge in [0, 0.05) is 18.3 Å². The maximum absolute atomic E-state index is 4.38. The van der Waals surface area contributed by atoms with Gasteiger partial charge < -0.3 is 10.6 Å². The molecule has 3 aromatic rings. The Kier molecular flexibility index (Phi) is 4.53. The van der Waals surface area contributed by atoms with Crippen molar-refractivity contribution >= 4 is 33.1 Å². The van der Waals surface area contributed by atoms with Crippen molar-refractivity contribution in [2.45, 2.75) is 19.9 Å². The van der Waals surface area contributed by atoms with E-state index in [-0.39, 0.29) is 0 Å². The normalized spacial score (nSPS) is 12.5. The summed E-state index contributed by atoms with van der Waals surface area (Å²) in [4.78, 5) is 8.65. The second kappa shape index (κ2) is 6.75. The fraction of sp³-hybridized carbons (Fsp3) is 0.294. The summed E-state index contributed by atoms with van der Waals surface area (Å²) in [6.45, 7) is 5.27. The number of thiophene rings is 1. The minimum atomic E-state index is 0.326. The lowest BCUT2D eigenvalue weighted by molar-refractivity contribution is 0.542. The average Bonchev–Trinajstić information content (AvgIpc) is 3.01. The van der Waals surface area contributed by atoms with E-state index in [0.717, 1.165) is 28.3 Å². The van der Waals surface area contributed by atoms with Crippen LogP contribution in [0.25, 0.3) is 10.2 Å². The van der Waals surface area contributed by atoms with Gasteiger partial charge in [-0.25, -0.2) is 9.97 Å². The van der Waals surface area contributed by atoms with Crippen molar-refractivity contribution in [3.63, 3.8) is 0 Å². The molecule has 0 aliphatic rings. The summed E-state index contributed by atoms with van der Waals surface area (Å²) >= 11 is 1.67. The molecule has 0 unspecified atom stereocenters. The fourth-order valence-corrected chi connectivity index (χ4v) is 3.13. The summed E-state index contributed by atoms with van der Waals surface area (Å²) in [5, 5.41) is 9.11. The zero-order valence-electron chi connectivity index (χ0n) is 12.8. The summed E-state index contributed by atoms with van der Waals surface area (Å²) in [6, 6.07) is 12.7. The quantitative estimate of drug-likeness (QED) is 0.715. The third-order valence-corrected chi connectivity index (χ3v) is 4.57. The molecular formula is C17H20N4S. The number of anilines is 2. The van der Waals surface area contributed by atoms with Crippen LogP contribution < -0.4 is 10.6 Å². The Bertz CT molecular complexity index is 724. The Balaban J connectivity index is 1.70. The highest BCUT2D eigenvalue weighted by Crippen LogP contribution is 2.25. The van der Waals surface area contributed by atoms with Crippen molar-refractivity contribution in [2.24, 2.45) is 5.92 Å². The molecular weight excluding hydrogens is 292 g/mol. The molecule has 0 amide bonds. The summed E-state index contributed by atoms with van der Waals surface area (Å²) in [5.74, 6) is 1.42. The van der Waals surface area contributed by atoms with E-state index in [1.165, 1.54) is 0 Å². The van der Waals surface area contributed by atoms with Crippen molar-refractivity contribution < 1.29 is 0 Å². The molecule has 0 saturated carbocycles. The molecule has 1 aromatic carbocycles. The molecule has 2 aromatic heterocycles. The first-order chi connectivity index (χ1) is 10.7. The highest BCUT2D eigenvalue weighted by atomic mass is 32.1. The first-order valence-electron chi connectivity index (χ1n) is 7.47. The molecule has 0 bridgehead atoms. The number of hydrogen-bond donors (Lipinski definition) is 2. The van der Waals surface area contributed by atoms with E-state index in [1.54, 1.807) is 17.7 Å². The average molecular weight is 312 g/mol. The predicted octanol–water partition coefficient (Wildman–Crippen LogP) is 4.24. The van der Waals surface area contributed by atoms with Crippen LogP contribution in [-0.2, 0) is 0 Å². The van der Waals surface area contributed by atoms with Crippen LogP contribution in [0.15, 0.2) is 48.1 Å². The molecule has 3 rings (SSSR count). The molecule has 0 spiro atoms. The zero-order valence-corrected chi connectivity index (χ0v) is 13.6. The number of para-hydroxylation sites is 1. The Morgan fingerprint density at radius 3 is 2.68 bits per heavy atom. The summed E-state index contributed by atoms with van der Waals surface area (Å²) in [6.07, 6.45) is 1.62. The third kappa shape index (κ3) is 3.36. The number of aromatic nitrogens is 2. The van der Waals surface area contributed by atoms with Gasteiger partial charge in [-0.2, -0.15) is 0 Å². The number of nitrogens with one attached hydrogen (secondary N) is 2. The Hall–Kier alpha value is -2.14. The molecule has 0 aliphatic carbocycles. The Morgan fingerprint density at radius 1 is 1.09 bits per heavy atom. The van der Waals surface area contributed by atoms with Crippen molar-refractivity contribution in [1.29, 1.82) is 0 Å². The van der Waals surface area contributed by atoms with Crippen LogP contribution in [-0.4, -0.2) is 22.6 Å². The van der Waals surface area contributed by atoms with Gasteiger partial charge in [0.25, 0.3) is 0 Å². The molecule has 2 N–H and O–H groups in total. The number of rotatable bonds is 6. The van der Waals surface area contributed by atoms with Gasteiger partial charge in [-0.3, -0.25) is 0 Å². The van der Waals surface area contributed by atoms with E-state index in [0.29, 0.717) is 12.0 Å². The number of hydrogen-bond acceptors (Lipinski definition) is 5. The minimum absolute atomic E-state index is 0.326. The van der Waals surface area contributed by atoms with Gasteiger partial charge in [0.15, 0.2) is 0 Å². The molecule has 0 radical (unpaired) electrons. The predicted molar refractivity (Wildman–Crippen MR) is 94.6 cm³/mol. The minimum Gasteiger partial charge on any atom is -0.380 e. The van der Waals surface area contributed by atoms with Crippen LogP contribution in [0.4, 0.5) is 11.5 Å². The van der Waals surface area contributed by atoms with Gasteiger partial charge in [-0.1, -0.05) is 32.0 Å². The summed E-state index contributed by atoms with van der Waals surface area (Å²) in [7, 11) is 0. The second-order valence-electron chi connectivity index (χ2n) is 5.60. The molecule has 0 saturated heterocycles. The smallest absolute Gasteiger partial charge is 0.147 e. The van der Waals surface area contributed by atoms with Crippen LogP contribution >= 0.6 is 11.3 Å². The van der Waals surface area contributed by atoms with Crippen LogP contribution in [0.2, 0.25) is 0 Å². The van der Waals surface area contributed by atoms with Gasteiger partial charge in [-0.15, -0.1) is 11.3 Å². The van der Waals surface area contributed by atoms with E-state index in [4.69, 9.17) is 0 Å². The molecule has 1 atom stereocenters. The largest absolute Gasteiger partial charge is 0.380 e. The highest BCUT2D eigenvalue weighted by molar-refractivity contribution is 7.17. The maximum atomic E-state index is 4.38. The van der Waals surface area contributed by atoms with Crippen LogP contribution in [0.3, 0.4) is 0 Å². The van der Waals surface area contributed by atoms with E-state index in [9.17, 15) is 0 Å². The summed E-state index contributed by atoms with van der Waals surface area (Å²) < 4.78 is 1.12. The van der Waals surface area contributed by atoms with Crippen molar-refractivity contribution in [3.8, 4) is 0 Å². The van der Waals surface area contributed by atoms with E-state index < -0.39 is 0 Å². The topological polar surface area (TPSA) is 49.8 Å². The molecule has 5 heteroatoms. The highest BCUT2D eigenvalue weighted by Gasteiger charge is 2.14. The Morgan fingerprint density at radius 2 is 1.91 bits per heavy atom. The van der Waals surface area contributed by atoms with E-state index >= 15 is 0 Å². The van der Waals surface area contributed by atoms with E-state index in [2.05, 4.69) is 46.6 Å². The monoisotopic (exact) mass is 312 g/mol. The maximum Gasteiger partial charge on any atom is 0.147 e. The van der Waals surface area contributed by atoms with Crippen molar-refractivity contribution in [3.05, 3.63) is 48.1 Å². The lowest BCUT2D eigenvalue weighted by atomic mass is 10.0. The lowest BCUT2D eigenvalue weighted by Gasteiger charge is -2.24. The SMILES string of the molecule is CC(C)[C@H](CNc1ncnc2ccsc12)Nc1ccccc1. The Labute approximate surface area is 134 Å². The van der Waals surface area contributed by atoms with Gasteiger partial charge in [0.05, 0.1) is 10.2 Å². The zero-order chi connectivity index (χ0) is 15.4. The van der Waals surface area contributed by atoms with E-state index in [1.807, 2.05) is 29.6 Å². The number of benzene rings is 1. The molecule has 2 heterocycles. The van der Waals surface area contributed by atoms with Crippen LogP contribution in [0.1, 0.15) is 13.8 Å². The van der Waals surface area contributed by atoms with Crippen LogP contribution in [0, 0.1) is 5.92 Å². The first-order valence-corrected chi connectivity index (χ1v) is 8.35. The third-order valence-electron chi connectivity index (χ3n) is 3.66. The molecule has 0 fully saturated rings. The summed E-state index contributed by atoms with van der Waals surface area (Å²) in [5.41, 5.74) is 2.14. The van der Waals surface area contributed by atoms with Gasteiger partial charge in [-0.05, 0) is 29.5 Å². The second-order valence-corrected chi connectivity index (χ2v) is 6.52. The number of fused-ring (bicyclic) bond motifs is 1. The molecule has 114 valence electrons. The number of nitrogens with zero attached hydrogens (tertiary/aromatic N) is 2. The standard InChI is InChI=1S/C17H20N4S/c1-12(2)15(21-13-6-4-3-5-7-13)10-18-17-16-14(8-9-22-16)19-11-20-17/h3-9,11-12,15,21H,10H2,1-2H3,(H,18,19,20)/t15-/m0/s1. The van der Waals surface area contributed by atoms with Gasteiger partial charge in [0.2, 0.25) is 0 Å². The molecule has 0 aliphatic heterocycles. The fourth-order valence-electron chi connectivity index (χ4n) is 2.32. The molecule has 4 nitrogen and oxygen atoms in total. The van der Waals surface area contributed by atoms with Crippen molar-refractivity contribution in [2.75, 3.05) is 17.2 Å². The van der Waals surface area contributed by atoms with Gasteiger partial charge >= 0.3 is 0 Å².